The highest BCUT2D eigenvalue weighted by molar-refractivity contribution is 5.97. The van der Waals surface area contributed by atoms with Crippen LogP contribution in [-0.2, 0) is 4.79 Å². The van der Waals surface area contributed by atoms with Gasteiger partial charge in [-0.2, -0.15) is 0 Å². The van der Waals surface area contributed by atoms with Crippen LogP contribution in [0, 0.1) is 5.41 Å². The zero-order chi connectivity index (χ0) is 11.3. The molecule has 3 heteroatoms. The summed E-state index contributed by atoms with van der Waals surface area (Å²) in [6.07, 6.45) is 2.39. The van der Waals surface area contributed by atoms with E-state index in [1.165, 1.54) is 0 Å². The summed E-state index contributed by atoms with van der Waals surface area (Å²) in [5.41, 5.74) is 1.79. The Hall–Kier alpha value is -1.61. The molecule has 0 amide bonds. The summed E-state index contributed by atoms with van der Waals surface area (Å²) < 4.78 is 0. The first kappa shape index (κ1) is 9.60. The fourth-order valence-corrected chi connectivity index (χ4v) is 2.48. The lowest BCUT2D eigenvalue weighted by Crippen LogP contribution is -2.15. The van der Waals surface area contributed by atoms with Crippen LogP contribution in [0.25, 0.3) is 5.57 Å². The van der Waals surface area contributed by atoms with Crippen molar-refractivity contribution in [2.75, 3.05) is 0 Å². The van der Waals surface area contributed by atoms with Crippen LogP contribution in [-0.4, -0.2) is 16.2 Å². The van der Waals surface area contributed by atoms with E-state index in [2.05, 4.69) is 0 Å². The molecule has 0 heterocycles. The van der Waals surface area contributed by atoms with Gasteiger partial charge >= 0.3 is 5.97 Å². The molecule has 1 atom stereocenters. The van der Waals surface area contributed by atoms with E-state index < -0.39 is 17.5 Å². The molecular formula is C13H12O3. The van der Waals surface area contributed by atoms with Gasteiger partial charge in [0, 0.05) is 0 Å². The van der Waals surface area contributed by atoms with E-state index in [9.17, 15) is 15.0 Å². The quantitative estimate of drug-likeness (QED) is 0.794. The topological polar surface area (TPSA) is 57.5 Å². The Kier molecular flexibility index (Phi) is 1.77. The van der Waals surface area contributed by atoms with Gasteiger partial charge in [0.1, 0.15) is 0 Å². The van der Waals surface area contributed by atoms with Gasteiger partial charge in [-0.15, -0.1) is 0 Å². The van der Waals surface area contributed by atoms with Crippen molar-refractivity contribution in [3.8, 4) is 0 Å². The lowest BCUT2D eigenvalue weighted by atomic mass is 9.91. The second kappa shape index (κ2) is 2.95. The second-order valence-electron chi connectivity index (χ2n) is 4.50. The van der Waals surface area contributed by atoms with Gasteiger partial charge in [0.2, 0.25) is 0 Å². The minimum Gasteiger partial charge on any atom is -0.481 e. The Morgan fingerprint density at radius 1 is 1.31 bits per heavy atom. The van der Waals surface area contributed by atoms with Crippen molar-refractivity contribution in [1.82, 2.24) is 0 Å². The van der Waals surface area contributed by atoms with Gasteiger partial charge in [-0.05, 0) is 35.6 Å². The maximum atomic E-state index is 11.3. The first-order valence-corrected chi connectivity index (χ1v) is 5.38. The zero-order valence-electron chi connectivity index (χ0n) is 8.68. The molecule has 0 saturated heterocycles. The normalized spacial score (nSPS) is 24.8. The summed E-state index contributed by atoms with van der Waals surface area (Å²) in [4.78, 5) is 11.3. The SMILES string of the molecule is O=C(O)C1(C2=CC(O)c3ccccc32)CC1. The number of aliphatic hydroxyl groups excluding tert-OH is 1. The predicted molar refractivity (Wildman–Crippen MR) is 58.7 cm³/mol. The van der Waals surface area contributed by atoms with Gasteiger partial charge in [-0.25, -0.2) is 0 Å². The van der Waals surface area contributed by atoms with Crippen LogP contribution in [0.5, 0.6) is 0 Å². The molecule has 0 radical (unpaired) electrons. The number of aliphatic hydroxyl groups is 1. The first-order valence-electron chi connectivity index (χ1n) is 5.38. The lowest BCUT2D eigenvalue weighted by molar-refractivity contribution is -0.140. The average Bonchev–Trinajstić information content (AvgIpc) is 3.01. The third-order valence-corrected chi connectivity index (χ3v) is 3.57. The van der Waals surface area contributed by atoms with Crippen molar-refractivity contribution >= 4 is 11.5 Å². The van der Waals surface area contributed by atoms with E-state index in [4.69, 9.17) is 0 Å². The average molecular weight is 216 g/mol. The van der Waals surface area contributed by atoms with E-state index in [-0.39, 0.29) is 0 Å². The summed E-state index contributed by atoms with van der Waals surface area (Å²) in [6, 6.07) is 7.48. The fourth-order valence-electron chi connectivity index (χ4n) is 2.48. The zero-order valence-corrected chi connectivity index (χ0v) is 8.68. The maximum absolute atomic E-state index is 11.3. The van der Waals surface area contributed by atoms with Crippen molar-refractivity contribution in [1.29, 1.82) is 0 Å². The summed E-state index contributed by atoms with van der Waals surface area (Å²) in [7, 11) is 0. The number of hydrogen-bond acceptors (Lipinski definition) is 2. The molecule has 0 aromatic heterocycles. The van der Waals surface area contributed by atoms with Crippen molar-refractivity contribution in [3.05, 3.63) is 41.5 Å². The molecule has 3 rings (SSSR count). The van der Waals surface area contributed by atoms with Crippen LogP contribution >= 0.6 is 0 Å². The second-order valence-corrected chi connectivity index (χ2v) is 4.50. The van der Waals surface area contributed by atoms with Gasteiger partial charge < -0.3 is 10.2 Å². The minimum absolute atomic E-state index is 0.650. The van der Waals surface area contributed by atoms with Crippen molar-refractivity contribution in [2.24, 2.45) is 5.41 Å². The molecule has 1 fully saturated rings. The highest BCUT2D eigenvalue weighted by Gasteiger charge is 2.55. The summed E-state index contributed by atoms with van der Waals surface area (Å²) in [5.74, 6) is -0.775. The van der Waals surface area contributed by atoms with Gasteiger partial charge in [-0.3, -0.25) is 4.79 Å². The molecule has 2 N–H and O–H groups in total. The number of rotatable bonds is 2. The maximum Gasteiger partial charge on any atom is 0.314 e. The van der Waals surface area contributed by atoms with Crippen LogP contribution in [0.4, 0.5) is 0 Å². The number of benzene rings is 1. The monoisotopic (exact) mass is 216 g/mol. The third kappa shape index (κ3) is 1.09. The Morgan fingerprint density at radius 2 is 2.00 bits per heavy atom. The van der Waals surface area contributed by atoms with Crippen molar-refractivity contribution < 1.29 is 15.0 Å². The molecule has 2 aliphatic rings. The molecule has 16 heavy (non-hydrogen) atoms. The van der Waals surface area contributed by atoms with Gasteiger partial charge in [-0.1, -0.05) is 24.3 Å². The summed E-state index contributed by atoms with van der Waals surface area (Å²) in [5, 5.41) is 19.1. The standard InChI is InChI=1S/C13H12O3/c14-11-7-10(13(5-6-13)12(15)16)8-3-1-2-4-9(8)11/h1-4,7,11,14H,5-6H2,(H,15,16). The largest absolute Gasteiger partial charge is 0.481 e. The molecule has 1 saturated carbocycles. The van der Waals surface area contributed by atoms with E-state index in [0.29, 0.717) is 12.8 Å². The van der Waals surface area contributed by atoms with Gasteiger partial charge in [0.15, 0.2) is 0 Å². The molecule has 2 aliphatic carbocycles. The number of fused-ring (bicyclic) bond motifs is 1. The number of carbonyl (C=O) groups is 1. The number of carboxylic acid groups (broad SMARTS) is 1. The lowest BCUT2D eigenvalue weighted by Gasteiger charge is -2.12. The summed E-state index contributed by atoms with van der Waals surface area (Å²) in [6.45, 7) is 0. The molecule has 82 valence electrons. The van der Waals surface area contributed by atoms with Crippen LogP contribution in [0.2, 0.25) is 0 Å². The van der Waals surface area contributed by atoms with Crippen molar-refractivity contribution in [2.45, 2.75) is 18.9 Å². The molecule has 1 aromatic carbocycles. The van der Waals surface area contributed by atoms with Crippen LogP contribution in [0.3, 0.4) is 0 Å². The molecule has 1 unspecified atom stereocenters. The van der Waals surface area contributed by atoms with Gasteiger partial charge in [0.05, 0.1) is 11.5 Å². The van der Waals surface area contributed by atoms with Crippen LogP contribution in [0.1, 0.15) is 30.1 Å². The molecular weight excluding hydrogens is 204 g/mol. The Bertz CT molecular complexity index is 498. The minimum atomic E-state index is -0.775. The first-order chi connectivity index (χ1) is 7.65. The van der Waals surface area contributed by atoms with Crippen LogP contribution in [0.15, 0.2) is 30.3 Å². The highest BCUT2D eigenvalue weighted by atomic mass is 16.4. The predicted octanol–water partition coefficient (Wildman–Crippen LogP) is 1.98. The molecule has 0 bridgehead atoms. The van der Waals surface area contributed by atoms with Crippen molar-refractivity contribution in [3.63, 3.8) is 0 Å². The number of aliphatic carboxylic acids is 1. The molecule has 0 spiro atoms. The van der Waals surface area contributed by atoms with E-state index in [0.717, 1.165) is 16.7 Å². The number of carboxylic acids is 1. The molecule has 3 nitrogen and oxygen atoms in total. The molecule has 0 aliphatic heterocycles. The molecule has 1 aromatic rings. The third-order valence-electron chi connectivity index (χ3n) is 3.57. The summed E-state index contributed by atoms with van der Waals surface area (Å²) >= 11 is 0. The van der Waals surface area contributed by atoms with Gasteiger partial charge in [0.25, 0.3) is 0 Å². The smallest absolute Gasteiger partial charge is 0.314 e. The highest BCUT2D eigenvalue weighted by Crippen LogP contribution is 2.59. The van der Waals surface area contributed by atoms with E-state index >= 15 is 0 Å². The Morgan fingerprint density at radius 3 is 2.62 bits per heavy atom. The van der Waals surface area contributed by atoms with E-state index in [1.807, 2.05) is 24.3 Å². The Balaban J connectivity index is 2.12. The van der Waals surface area contributed by atoms with Crippen LogP contribution < -0.4 is 0 Å². The Labute approximate surface area is 93.0 Å². The fraction of sp³-hybridized carbons (Fsp3) is 0.308. The number of hydrogen-bond donors (Lipinski definition) is 2. The van der Waals surface area contributed by atoms with E-state index in [1.54, 1.807) is 6.08 Å².